The van der Waals surface area contributed by atoms with Gasteiger partial charge in [0.1, 0.15) is 45.3 Å². The lowest BCUT2D eigenvalue weighted by atomic mass is 9.83. The predicted octanol–water partition coefficient (Wildman–Crippen LogP) is 18.1. The highest BCUT2D eigenvalue weighted by Gasteiger charge is 2.29. The number of benzene rings is 6. The number of ether oxygens (including phenoxy) is 2. The van der Waals surface area contributed by atoms with E-state index in [9.17, 15) is 0 Å². The summed E-state index contributed by atoms with van der Waals surface area (Å²) in [5.41, 5.74) is 9.76. The summed E-state index contributed by atoms with van der Waals surface area (Å²) in [6, 6.07) is 32.8. The molecule has 0 aliphatic rings. The summed E-state index contributed by atoms with van der Waals surface area (Å²) in [7, 11) is -0.762. The highest BCUT2D eigenvalue weighted by atomic mass is 31.1. The fraction of sp³-hybridized carbons (Fsp3) is 0.357. The normalized spacial score (nSPS) is 12.5. The van der Waals surface area contributed by atoms with Crippen molar-refractivity contribution in [1.29, 1.82) is 0 Å². The molecule has 2 heterocycles. The third-order valence-corrected chi connectivity index (χ3v) is 14.0. The van der Waals surface area contributed by atoms with Gasteiger partial charge in [-0.25, -0.2) is 0 Å². The van der Waals surface area contributed by atoms with Crippen LogP contribution in [0.5, 0.6) is 23.0 Å². The number of methoxy groups -OCH3 is 2. The van der Waals surface area contributed by atoms with E-state index in [0.717, 1.165) is 77.2 Å². The van der Waals surface area contributed by atoms with Crippen molar-refractivity contribution in [2.24, 2.45) is 0 Å². The minimum absolute atomic E-state index is 0.225. The first-order valence-corrected chi connectivity index (χ1v) is 24.8. The van der Waals surface area contributed by atoms with Gasteiger partial charge in [-0.15, -0.1) is 0 Å². The van der Waals surface area contributed by atoms with Gasteiger partial charge in [0.05, 0.1) is 14.2 Å². The number of para-hydroxylation sites is 2. The molecule has 66 heavy (non-hydrogen) atoms. The maximum absolute atomic E-state index is 7.03. The van der Waals surface area contributed by atoms with E-state index in [0.29, 0.717) is 34.2 Å². The van der Waals surface area contributed by atoms with Gasteiger partial charge in [0.25, 0.3) is 0 Å². The van der Waals surface area contributed by atoms with Gasteiger partial charge in [-0.1, -0.05) is 132 Å². The molecule has 8 rings (SSSR count). The van der Waals surface area contributed by atoms with E-state index in [2.05, 4.69) is 121 Å². The van der Waals surface area contributed by atoms with E-state index < -0.39 is 16.5 Å². The van der Waals surface area contributed by atoms with Crippen LogP contribution in [0.2, 0.25) is 0 Å². The predicted molar refractivity (Wildman–Crippen MR) is 274 cm³/mol. The van der Waals surface area contributed by atoms with Gasteiger partial charge in [-0.3, -0.25) is 0 Å². The molecule has 0 saturated heterocycles. The molecule has 10 heteroatoms. The van der Waals surface area contributed by atoms with Gasteiger partial charge in [-0.05, 0) is 95.2 Å². The third kappa shape index (κ3) is 9.20. The van der Waals surface area contributed by atoms with E-state index in [1.165, 1.54) is 0 Å². The molecule has 8 aromatic rings. The average Bonchev–Trinajstić information content (AvgIpc) is 3.48. The van der Waals surface area contributed by atoms with Crippen LogP contribution in [0.15, 0.2) is 114 Å². The zero-order valence-electron chi connectivity index (χ0n) is 41.4. The zero-order valence-corrected chi connectivity index (χ0v) is 43.2. The van der Waals surface area contributed by atoms with Crippen molar-refractivity contribution >= 4 is 60.4 Å². The topological polar surface area (TPSA) is 89.5 Å². The molecule has 0 radical (unpaired) electrons. The van der Waals surface area contributed by atoms with Crippen molar-refractivity contribution in [2.45, 2.75) is 119 Å². The maximum Gasteiger partial charge on any atom is 0.453 e. The largest absolute Gasteiger partial charge is 0.497 e. The van der Waals surface area contributed by atoms with Crippen LogP contribution in [0.25, 0.3) is 55.0 Å². The Balaban J connectivity index is 1.36. The molecule has 6 aromatic carbocycles. The Labute approximate surface area is 391 Å². The van der Waals surface area contributed by atoms with Crippen LogP contribution >= 0.6 is 16.5 Å². The van der Waals surface area contributed by atoms with Gasteiger partial charge < -0.3 is 35.3 Å². The summed E-state index contributed by atoms with van der Waals surface area (Å²) in [6.07, 6.45) is 0. The second-order valence-corrected chi connectivity index (χ2v) is 23.5. The Morgan fingerprint density at radius 1 is 0.379 bits per heavy atom. The Kier molecular flexibility index (Phi) is 12.2. The fourth-order valence-corrected chi connectivity index (χ4v) is 10.8. The Bertz CT molecular complexity index is 3070. The van der Waals surface area contributed by atoms with Gasteiger partial charge in [0.15, 0.2) is 0 Å². The summed E-state index contributed by atoms with van der Waals surface area (Å²) in [5, 5.41) is 3.67. The van der Waals surface area contributed by atoms with Crippen molar-refractivity contribution in [3.63, 3.8) is 0 Å². The van der Waals surface area contributed by atoms with E-state index in [1.54, 1.807) is 14.2 Å². The molecule has 0 aliphatic carbocycles. The first-order valence-electron chi connectivity index (χ1n) is 22.6. The number of hydrogen-bond acceptors (Lipinski definition) is 8. The number of fused-ring (bicyclic) bond motifs is 6. The third-order valence-electron chi connectivity index (χ3n) is 11.9. The van der Waals surface area contributed by atoms with Crippen LogP contribution in [-0.4, -0.2) is 14.2 Å². The molecule has 0 atom stereocenters. The number of aryl methyl sites for hydroxylation is 2. The molecule has 2 aromatic heterocycles. The standard InChI is InChI=1S/C56H64O8P2/c1-33-25-39-40-26-34(2)28-44(54(6,7)8)50(40)62-65(61-49(39)43(27-33)53(3,4)5)59-47-23-19-17-21-37(47)38-22-18-20-24-48(38)60-66-63-51-41(29-35(57-15)31-45(51)55(9,10)11)42-30-36(58-16)32-46(52(42)64-66)56(12,13)14/h17-32H,1-16H3. The first kappa shape index (κ1) is 46.8. The van der Waals surface area contributed by atoms with Crippen LogP contribution < -0.4 is 18.5 Å². The van der Waals surface area contributed by atoms with E-state index in [4.69, 9.17) is 35.3 Å². The zero-order chi connectivity index (χ0) is 47.7. The Hall–Kier alpha value is -5.68. The SMILES string of the molecule is COc1cc(C(C)(C)C)c2op(Oc3ccccc3-c3ccccc3Op3oc4c(C(C)(C)C)cc(C)cc4c4cc(C)cc(C(C)(C)C)c4o3)oc3c(C(C)(C)C)cc(OC)cc3c2c1. The highest BCUT2D eigenvalue weighted by molar-refractivity contribution is 7.32. The summed E-state index contributed by atoms with van der Waals surface area (Å²) in [4.78, 5) is 0. The number of hydrogen-bond donors (Lipinski definition) is 0. The van der Waals surface area contributed by atoms with Gasteiger partial charge in [-0.2, -0.15) is 0 Å². The Morgan fingerprint density at radius 2 is 0.667 bits per heavy atom. The molecule has 0 amide bonds. The molecule has 0 unspecified atom stereocenters. The molecule has 346 valence electrons. The minimum Gasteiger partial charge on any atom is -0.497 e. The van der Waals surface area contributed by atoms with E-state index in [-0.39, 0.29) is 21.7 Å². The van der Waals surface area contributed by atoms with Crippen molar-refractivity contribution in [2.75, 3.05) is 14.2 Å². The van der Waals surface area contributed by atoms with Crippen LogP contribution in [0.1, 0.15) is 116 Å². The van der Waals surface area contributed by atoms with Gasteiger partial charge in [0, 0.05) is 54.9 Å². The van der Waals surface area contributed by atoms with Gasteiger partial charge in [0.2, 0.25) is 0 Å². The van der Waals surface area contributed by atoms with Crippen molar-refractivity contribution < 1.29 is 35.3 Å². The molecule has 0 N–H and O–H groups in total. The fourth-order valence-electron chi connectivity index (χ4n) is 8.52. The van der Waals surface area contributed by atoms with Crippen molar-refractivity contribution in [3.05, 3.63) is 130 Å². The monoisotopic (exact) mass is 926 g/mol. The lowest BCUT2D eigenvalue weighted by molar-refractivity contribution is 0.413. The molecule has 0 spiro atoms. The van der Waals surface area contributed by atoms with Crippen molar-refractivity contribution in [1.82, 2.24) is 0 Å². The molecular formula is C56H64O8P2. The van der Waals surface area contributed by atoms with E-state index in [1.807, 2.05) is 72.8 Å². The summed E-state index contributed by atoms with van der Waals surface area (Å²) in [6.45, 7) is 30.5. The average molecular weight is 927 g/mol. The molecular weight excluding hydrogens is 863 g/mol. The first-order chi connectivity index (χ1) is 30.9. The van der Waals surface area contributed by atoms with Crippen LogP contribution in [0, 0.1) is 13.8 Å². The Morgan fingerprint density at radius 3 is 0.970 bits per heavy atom. The molecule has 8 nitrogen and oxygen atoms in total. The molecule has 0 fully saturated rings. The molecule has 0 bridgehead atoms. The summed E-state index contributed by atoms with van der Waals surface area (Å²) < 4.78 is 53.9. The lowest BCUT2D eigenvalue weighted by Crippen LogP contribution is -2.12. The summed E-state index contributed by atoms with van der Waals surface area (Å²) >= 11 is 0. The highest BCUT2D eigenvalue weighted by Crippen LogP contribution is 2.50. The summed E-state index contributed by atoms with van der Waals surface area (Å²) in [5.74, 6) is 2.57. The minimum atomic E-state index is -2.10. The second kappa shape index (κ2) is 17.2. The van der Waals surface area contributed by atoms with Gasteiger partial charge >= 0.3 is 16.5 Å². The molecule has 0 aliphatic heterocycles. The van der Waals surface area contributed by atoms with E-state index >= 15 is 0 Å². The van der Waals surface area contributed by atoms with Crippen LogP contribution in [0.3, 0.4) is 0 Å². The van der Waals surface area contributed by atoms with Crippen LogP contribution in [0.4, 0.5) is 0 Å². The smallest absolute Gasteiger partial charge is 0.453 e. The quantitative estimate of drug-likeness (QED) is 0.156. The maximum atomic E-state index is 7.03. The lowest BCUT2D eigenvalue weighted by Gasteiger charge is -2.21. The number of rotatable bonds is 7. The molecule has 0 saturated carbocycles. The van der Waals surface area contributed by atoms with Crippen LogP contribution in [-0.2, 0) is 21.7 Å². The second-order valence-electron chi connectivity index (χ2n) is 21.5. The van der Waals surface area contributed by atoms with Crippen molar-refractivity contribution in [3.8, 4) is 34.1 Å².